The summed E-state index contributed by atoms with van der Waals surface area (Å²) in [5.41, 5.74) is 2.18. The number of anilines is 1. The molecule has 1 aliphatic rings. The molecule has 0 aliphatic carbocycles. The van der Waals surface area contributed by atoms with Gasteiger partial charge in [-0.3, -0.25) is 14.5 Å². The molecule has 6 nitrogen and oxygen atoms in total. The monoisotopic (exact) mass is 427 g/mol. The predicted molar refractivity (Wildman–Crippen MR) is 123 cm³/mol. The van der Waals surface area contributed by atoms with Gasteiger partial charge in [0, 0.05) is 5.69 Å². The van der Waals surface area contributed by atoms with Crippen molar-refractivity contribution < 1.29 is 14.4 Å². The largest absolute Gasteiger partial charge is 0.325 e. The maximum atomic E-state index is 13.3. The number of rotatable bonds is 6. The average molecular weight is 428 g/mol. The lowest BCUT2D eigenvalue weighted by Gasteiger charge is -2.26. The molecule has 0 saturated carbocycles. The summed E-state index contributed by atoms with van der Waals surface area (Å²) >= 11 is 0. The second-order valence-corrected chi connectivity index (χ2v) is 8.11. The van der Waals surface area contributed by atoms with Gasteiger partial charge in [0.05, 0.1) is 6.54 Å². The summed E-state index contributed by atoms with van der Waals surface area (Å²) in [4.78, 5) is 41.9. The van der Waals surface area contributed by atoms with Crippen molar-refractivity contribution in [1.82, 2.24) is 10.2 Å². The number of para-hydroxylation sites is 1. The molecule has 1 unspecified atom stereocenters. The molecule has 0 radical (unpaired) electrons. The Balaban J connectivity index is 1.58. The maximum absolute atomic E-state index is 13.3. The van der Waals surface area contributed by atoms with Crippen LogP contribution < -0.4 is 10.2 Å². The van der Waals surface area contributed by atoms with E-state index in [1.54, 1.807) is 11.8 Å². The summed E-state index contributed by atoms with van der Waals surface area (Å²) in [6.45, 7) is 3.62. The van der Waals surface area contributed by atoms with Crippen LogP contribution in [0, 0.1) is 6.92 Å². The first kappa shape index (κ1) is 21.3. The van der Waals surface area contributed by atoms with E-state index in [2.05, 4.69) is 5.32 Å². The van der Waals surface area contributed by atoms with Gasteiger partial charge in [0.1, 0.15) is 12.1 Å². The van der Waals surface area contributed by atoms with Crippen molar-refractivity contribution in [1.29, 1.82) is 0 Å². The molecule has 0 aromatic heterocycles. The van der Waals surface area contributed by atoms with Crippen LogP contribution in [0.4, 0.5) is 10.5 Å². The lowest BCUT2D eigenvalue weighted by Crippen LogP contribution is -2.44. The van der Waals surface area contributed by atoms with Gasteiger partial charge >= 0.3 is 6.03 Å². The standard InChI is InChI=1S/C26H25N3O3/c1-19-13-15-21(16-14-19)26(2)24(31)29(25(32)27-26)18-23(30)28(22-11-7-4-8-12-22)17-20-9-5-3-6-10-20/h3-16H,17-18H2,1-2H3,(H,27,32). The van der Waals surface area contributed by atoms with E-state index in [0.717, 1.165) is 16.0 Å². The number of benzene rings is 3. The summed E-state index contributed by atoms with van der Waals surface area (Å²) in [6.07, 6.45) is 0. The first-order chi connectivity index (χ1) is 15.4. The number of hydrogen-bond donors (Lipinski definition) is 1. The van der Waals surface area contributed by atoms with Crippen molar-refractivity contribution in [3.05, 3.63) is 102 Å². The van der Waals surface area contributed by atoms with E-state index in [9.17, 15) is 14.4 Å². The Labute approximate surface area is 187 Å². The maximum Gasteiger partial charge on any atom is 0.325 e. The van der Waals surface area contributed by atoms with Gasteiger partial charge in [0.25, 0.3) is 5.91 Å². The zero-order chi connectivity index (χ0) is 22.7. The third-order valence-electron chi connectivity index (χ3n) is 5.75. The van der Waals surface area contributed by atoms with Crippen LogP contribution >= 0.6 is 0 Å². The molecule has 1 N–H and O–H groups in total. The van der Waals surface area contributed by atoms with Crippen LogP contribution in [-0.4, -0.2) is 29.3 Å². The third-order valence-corrected chi connectivity index (χ3v) is 5.75. The predicted octanol–water partition coefficient (Wildman–Crippen LogP) is 4.00. The summed E-state index contributed by atoms with van der Waals surface area (Å²) < 4.78 is 0. The molecular weight excluding hydrogens is 402 g/mol. The van der Waals surface area contributed by atoms with Crippen molar-refractivity contribution in [3.63, 3.8) is 0 Å². The molecule has 1 fully saturated rings. The lowest BCUT2D eigenvalue weighted by atomic mass is 9.91. The molecule has 4 amide bonds. The van der Waals surface area contributed by atoms with E-state index in [1.807, 2.05) is 91.9 Å². The number of urea groups is 1. The van der Waals surface area contributed by atoms with Gasteiger partial charge in [0.2, 0.25) is 5.91 Å². The number of nitrogens with one attached hydrogen (secondary N) is 1. The number of hydrogen-bond acceptors (Lipinski definition) is 3. The fourth-order valence-electron chi connectivity index (χ4n) is 3.84. The van der Waals surface area contributed by atoms with Crippen molar-refractivity contribution in [3.8, 4) is 0 Å². The molecule has 0 bridgehead atoms. The number of amides is 4. The zero-order valence-electron chi connectivity index (χ0n) is 18.1. The second-order valence-electron chi connectivity index (χ2n) is 8.11. The fourth-order valence-corrected chi connectivity index (χ4v) is 3.84. The van der Waals surface area contributed by atoms with Gasteiger partial charge < -0.3 is 10.2 Å². The highest BCUT2D eigenvalue weighted by Gasteiger charge is 2.49. The normalized spacial score (nSPS) is 17.9. The third kappa shape index (κ3) is 4.12. The number of carbonyl (C=O) groups excluding carboxylic acids is 3. The number of imide groups is 1. The minimum atomic E-state index is -1.21. The molecule has 3 aromatic rings. The molecule has 162 valence electrons. The van der Waals surface area contributed by atoms with Crippen molar-refractivity contribution in [2.24, 2.45) is 0 Å². The van der Waals surface area contributed by atoms with Gasteiger partial charge in [-0.15, -0.1) is 0 Å². The first-order valence-corrected chi connectivity index (χ1v) is 10.5. The van der Waals surface area contributed by atoms with E-state index in [0.29, 0.717) is 17.8 Å². The van der Waals surface area contributed by atoms with Crippen LogP contribution in [-0.2, 0) is 21.7 Å². The molecule has 1 heterocycles. The lowest BCUT2D eigenvalue weighted by molar-refractivity contribution is -0.134. The topological polar surface area (TPSA) is 69.7 Å². The second kappa shape index (κ2) is 8.67. The van der Waals surface area contributed by atoms with Crippen molar-refractivity contribution in [2.45, 2.75) is 25.9 Å². The van der Waals surface area contributed by atoms with E-state index in [-0.39, 0.29) is 12.5 Å². The van der Waals surface area contributed by atoms with Crippen LogP contribution in [0.25, 0.3) is 0 Å². The van der Waals surface area contributed by atoms with Crippen LogP contribution in [0.5, 0.6) is 0 Å². The number of carbonyl (C=O) groups is 3. The SMILES string of the molecule is Cc1ccc(C2(C)NC(=O)N(CC(=O)N(Cc3ccccc3)c3ccccc3)C2=O)cc1. The molecule has 4 rings (SSSR count). The Hall–Kier alpha value is -3.93. The minimum Gasteiger partial charge on any atom is -0.319 e. The molecule has 1 atom stereocenters. The number of aryl methyl sites for hydroxylation is 1. The van der Waals surface area contributed by atoms with Gasteiger partial charge in [0.15, 0.2) is 0 Å². The van der Waals surface area contributed by atoms with Gasteiger partial charge in [-0.2, -0.15) is 0 Å². The van der Waals surface area contributed by atoms with E-state index in [1.165, 1.54) is 0 Å². The summed E-state index contributed by atoms with van der Waals surface area (Å²) in [5.74, 6) is -0.774. The van der Waals surface area contributed by atoms with E-state index >= 15 is 0 Å². The summed E-state index contributed by atoms with van der Waals surface area (Å²) in [5, 5.41) is 2.77. The molecular formula is C26H25N3O3. The highest BCUT2D eigenvalue weighted by Crippen LogP contribution is 2.29. The molecule has 32 heavy (non-hydrogen) atoms. The highest BCUT2D eigenvalue weighted by molar-refractivity contribution is 6.10. The highest BCUT2D eigenvalue weighted by atomic mass is 16.2. The Bertz CT molecular complexity index is 1130. The van der Waals surface area contributed by atoms with Crippen LogP contribution in [0.3, 0.4) is 0 Å². The molecule has 1 aliphatic heterocycles. The Kier molecular flexibility index (Phi) is 5.77. The number of nitrogens with zero attached hydrogens (tertiary/aromatic N) is 2. The van der Waals surface area contributed by atoms with E-state index in [4.69, 9.17) is 0 Å². The van der Waals surface area contributed by atoms with Crippen LogP contribution in [0.2, 0.25) is 0 Å². The van der Waals surface area contributed by atoms with Crippen LogP contribution in [0.1, 0.15) is 23.6 Å². The van der Waals surface area contributed by atoms with Gasteiger partial charge in [-0.05, 0) is 37.1 Å². The quantitative estimate of drug-likeness (QED) is 0.605. The summed E-state index contributed by atoms with van der Waals surface area (Å²) in [7, 11) is 0. The molecule has 3 aromatic carbocycles. The summed E-state index contributed by atoms with van der Waals surface area (Å²) in [6, 6.07) is 25.7. The minimum absolute atomic E-state index is 0.336. The molecule has 1 saturated heterocycles. The van der Waals surface area contributed by atoms with Gasteiger partial charge in [-0.1, -0.05) is 78.4 Å². The first-order valence-electron chi connectivity index (χ1n) is 10.5. The fraction of sp³-hybridized carbons (Fsp3) is 0.192. The van der Waals surface area contributed by atoms with Crippen LogP contribution in [0.15, 0.2) is 84.9 Å². The smallest absolute Gasteiger partial charge is 0.319 e. The molecule has 6 heteroatoms. The van der Waals surface area contributed by atoms with Crippen molar-refractivity contribution in [2.75, 3.05) is 11.4 Å². The Morgan fingerprint density at radius 2 is 1.50 bits per heavy atom. The zero-order valence-corrected chi connectivity index (χ0v) is 18.1. The van der Waals surface area contributed by atoms with E-state index < -0.39 is 17.5 Å². The Morgan fingerprint density at radius 3 is 2.12 bits per heavy atom. The Morgan fingerprint density at radius 1 is 0.906 bits per heavy atom. The van der Waals surface area contributed by atoms with Crippen molar-refractivity contribution >= 4 is 23.5 Å². The average Bonchev–Trinajstić information content (AvgIpc) is 3.03. The molecule has 0 spiro atoms. The van der Waals surface area contributed by atoms with Gasteiger partial charge in [-0.25, -0.2) is 4.79 Å².